The maximum Gasteiger partial charge on any atom is 0.494 e. The Kier molecular flexibility index (Phi) is 10.1. The molecule has 2 heterocycles. The number of esters is 1. The van der Waals surface area contributed by atoms with Gasteiger partial charge in [-0.1, -0.05) is 12.1 Å². The van der Waals surface area contributed by atoms with Crippen molar-refractivity contribution in [3.8, 4) is 0 Å². The molecule has 46 heavy (non-hydrogen) atoms. The second-order valence-electron chi connectivity index (χ2n) is 15.4. The van der Waals surface area contributed by atoms with Crippen molar-refractivity contribution in [2.75, 3.05) is 7.11 Å². The van der Waals surface area contributed by atoms with E-state index < -0.39 is 65.4 Å². The van der Waals surface area contributed by atoms with Gasteiger partial charge in [0.1, 0.15) is 22.8 Å². The predicted molar refractivity (Wildman–Crippen MR) is 173 cm³/mol. The van der Waals surface area contributed by atoms with Crippen LogP contribution in [-0.2, 0) is 39.5 Å². The molecule has 1 aliphatic rings. The summed E-state index contributed by atoms with van der Waals surface area (Å²) < 4.78 is 35.6. The van der Waals surface area contributed by atoms with E-state index in [9.17, 15) is 19.2 Å². The Morgan fingerprint density at radius 2 is 1.30 bits per heavy atom. The van der Waals surface area contributed by atoms with E-state index in [0.29, 0.717) is 26.8 Å². The Hall–Kier alpha value is -3.58. The summed E-state index contributed by atoms with van der Waals surface area (Å²) >= 11 is 0. The molecule has 1 atom stereocenters. The average molecular weight is 645 g/mol. The molecule has 0 unspecified atom stereocenters. The second-order valence-corrected chi connectivity index (χ2v) is 15.4. The third-order valence-corrected chi connectivity index (χ3v) is 7.41. The lowest BCUT2D eigenvalue weighted by Gasteiger charge is -2.32. The Morgan fingerprint density at radius 1 is 0.826 bits per heavy atom. The molecular formula is C33H49BN2O10. The number of amides is 2. The van der Waals surface area contributed by atoms with Crippen LogP contribution < -0.4 is 5.46 Å². The van der Waals surface area contributed by atoms with Crippen molar-refractivity contribution in [1.82, 2.24) is 9.47 Å². The zero-order chi connectivity index (χ0) is 35.2. The fourth-order valence-electron chi connectivity index (χ4n) is 4.64. The van der Waals surface area contributed by atoms with Crippen molar-refractivity contribution < 1.29 is 47.4 Å². The average Bonchev–Trinajstić information content (AvgIpc) is 3.32. The van der Waals surface area contributed by atoms with Crippen LogP contribution in [0.3, 0.4) is 0 Å². The molecule has 0 spiro atoms. The summed E-state index contributed by atoms with van der Waals surface area (Å²) in [5, 5.41) is 0.563. The Bertz CT molecular complexity index is 1450. The minimum Gasteiger partial charge on any atom is -0.467 e. The topological polar surface area (TPSA) is 132 Å². The number of carbonyl (C=O) groups is 4. The van der Waals surface area contributed by atoms with E-state index in [4.69, 9.17) is 28.3 Å². The van der Waals surface area contributed by atoms with Gasteiger partial charge in [0, 0.05) is 18.0 Å². The highest BCUT2D eigenvalue weighted by atomic mass is 16.7. The number of ether oxygens (including phenoxy) is 4. The minimum absolute atomic E-state index is 0.229. The number of fused-ring (bicyclic) bond motifs is 1. The molecule has 3 rings (SSSR count). The summed E-state index contributed by atoms with van der Waals surface area (Å²) in [7, 11) is 0.441. The monoisotopic (exact) mass is 644 g/mol. The summed E-state index contributed by atoms with van der Waals surface area (Å²) in [4.78, 5) is 54.3. The molecule has 13 heteroatoms. The number of hydrogen-bond acceptors (Lipinski definition) is 10. The molecule has 0 aliphatic carbocycles. The van der Waals surface area contributed by atoms with E-state index in [-0.39, 0.29) is 6.42 Å². The molecule has 0 bridgehead atoms. The van der Waals surface area contributed by atoms with E-state index in [1.54, 1.807) is 80.5 Å². The van der Waals surface area contributed by atoms with Gasteiger partial charge in [0.25, 0.3) is 0 Å². The van der Waals surface area contributed by atoms with E-state index in [1.807, 2.05) is 27.7 Å². The first-order chi connectivity index (χ1) is 20.7. The molecule has 1 aromatic carbocycles. The van der Waals surface area contributed by atoms with Crippen LogP contribution in [0.15, 0.2) is 24.4 Å². The van der Waals surface area contributed by atoms with E-state index in [2.05, 4.69) is 0 Å². The lowest BCUT2D eigenvalue weighted by Crippen LogP contribution is -2.53. The van der Waals surface area contributed by atoms with E-state index in [1.165, 1.54) is 10.8 Å². The van der Waals surface area contributed by atoms with Crippen molar-refractivity contribution in [3.63, 3.8) is 0 Å². The van der Waals surface area contributed by atoms with Gasteiger partial charge in [-0.25, -0.2) is 19.2 Å². The van der Waals surface area contributed by atoms with Crippen LogP contribution in [0, 0.1) is 0 Å². The fraction of sp³-hybridized carbons (Fsp3) is 0.636. The lowest BCUT2D eigenvalue weighted by atomic mass is 9.78. The van der Waals surface area contributed by atoms with Crippen molar-refractivity contribution >= 4 is 47.7 Å². The Balaban J connectivity index is 2.19. The van der Waals surface area contributed by atoms with Crippen molar-refractivity contribution in [2.45, 2.75) is 130 Å². The van der Waals surface area contributed by atoms with Gasteiger partial charge in [0.15, 0.2) is 0 Å². The fourth-order valence-corrected chi connectivity index (χ4v) is 4.64. The molecule has 12 nitrogen and oxygen atoms in total. The van der Waals surface area contributed by atoms with Crippen LogP contribution in [0.2, 0.25) is 0 Å². The van der Waals surface area contributed by atoms with Gasteiger partial charge in [0.2, 0.25) is 0 Å². The molecule has 0 N–H and O–H groups in total. The van der Waals surface area contributed by atoms with Gasteiger partial charge in [0.05, 0.1) is 23.8 Å². The second kappa shape index (κ2) is 12.6. The molecule has 1 fully saturated rings. The molecule has 1 saturated heterocycles. The lowest BCUT2D eigenvalue weighted by molar-refractivity contribution is -0.146. The highest BCUT2D eigenvalue weighted by Gasteiger charge is 2.52. The normalized spacial score (nSPS) is 17.0. The number of nitrogens with zero attached hydrogens (tertiary/aromatic N) is 2. The summed E-state index contributed by atoms with van der Waals surface area (Å²) in [6.07, 6.45) is -1.55. The number of hydrogen-bond donors (Lipinski definition) is 0. The predicted octanol–water partition coefficient (Wildman–Crippen LogP) is 5.98. The van der Waals surface area contributed by atoms with Gasteiger partial charge >= 0.3 is 31.4 Å². The number of aromatic nitrogens is 1. The van der Waals surface area contributed by atoms with E-state index in [0.717, 1.165) is 7.11 Å². The largest absolute Gasteiger partial charge is 0.494 e. The van der Waals surface area contributed by atoms with Gasteiger partial charge < -0.3 is 28.3 Å². The Labute approximate surface area is 272 Å². The minimum atomic E-state index is -1.50. The third-order valence-electron chi connectivity index (χ3n) is 7.41. The van der Waals surface area contributed by atoms with Gasteiger partial charge in [-0.3, -0.25) is 4.57 Å². The summed E-state index contributed by atoms with van der Waals surface area (Å²) in [5.41, 5.74) is -2.42. The summed E-state index contributed by atoms with van der Waals surface area (Å²) in [6, 6.07) is 3.83. The van der Waals surface area contributed by atoms with Gasteiger partial charge in [-0.15, -0.1) is 0 Å². The van der Waals surface area contributed by atoms with E-state index >= 15 is 0 Å². The quantitative estimate of drug-likeness (QED) is 0.218. The Morgan fingerprint density at radius 3 is 1.74 bits per heavy atom. The van der Waals surface area contributed by atoms with Crippen LogP contribution in [-0.4, -0.2) is 82.0 Å². The number of methoxy groups -OCH3 is 1. The SMILES string of the molecule is COC(=O)[C@@H](Cc1cn(C(=O)OC(C)(C)C)c2cc(B3OC(C)(C)C(C)(C)O3)ccc12)N(C(=O)OC(C)(C)C)C(=O)OC(C)(C)C. The number of carbonyl (C=O) groups excluding carboxylic acids is 4. The number of imide groups is 1. The standard InChI is InChI=1S/C33H49BN2O10/c1-29(2,3)42-26(38)35-19-20(22-16-15-21(18-23(22)35)34-45-32(10,11)33(12,13)46-34)17-24(25(37)41-14)36(27(39)43-30(4,5)6)28(40)44-31(7,8)9/h15-16,18-19,24H,17H2,1-14H3/t24-/m1/s1. The van der Waals surface area contributed by atoms with Crippen molar-refractivity contribution in [3.05, 3.63) is 30.0 Å². The first-order valence-electron chi connectivity index (χ1n) is 15.3. The van der Waals surface area contributed by atoms with Crippen LogP contribution in [0.5, 0.6) is 0 Å². The molecule has 1 aromatic heterocycles. The molecule has 2 amide bonds. The van der Waals surface area contributed by atoms with Crippen molar-refractivity contribution in [1.29, 1.82) is 0 Å². The first-order valence-corrected chi connectivity index (χ1v) is 15.3. The highest BCUT2D eigenvalue weighted by molar-refractivity contribution is 6.62. The van der Waals surface area contributed by atoms with Gasteiger partial charge in [-0.05, 0) is 107 Å². The van der Waals surface area contributed by atoms with Crippen molar-refractivity contribution in [2.24, 2.45) is 0 Å². The summed E-state index contributed by atoms with van der Waals surface area (Å²) in [6.45, 7) is 22.9. The first kappa shape index (κ1) is 36.9. The van der Waals surface area contributed by atoms with Crippen LogP contribution in [0.1, 0.15) is 95.6 Å². The zero-order valence-corrected chi connectivity index (χ0v) is 29.6. The smallest absolute Gasteiger partial charge is 0.467 e. The molecule has 1 aliphatic heterocycles. The molecule has 2 aromatic rings. The maximum atomic E-state index is 13.5. The highest BCUT2D eigenvalue weighted by Crippen LogP contribution is 2.37. The number of rotatable bonds is 5. The third kappa shape index (κ3) is 8.61. The molecule has 0 saturated carbocycles. The molecule has 0 radical (unpaired) electrons. The maximum absolute atomic E-state index is 13.5. The molecular weight excluding hydrogens is 595 g/mol. The number of benzene rings is 1. The van der Waals surface area contributed by atoms with Gasteiger partial charge in [-0.2, -0.15) is 4.90 Å². The van der Waals surface area contributed by atoms with Crippen LogP contribution in [0.4, 0.5) is 14.4 Å². The summed E-state index contributed by atoms with van der Waals surface area (Å²) in [5.74, 6) is -0.885. The molecule has 254 valence electrons. The van der Waals surface area contributed by atoms with Crippen LogP contribution >= 0.6 is 0 Å². The van der Waals surface area contributed by atoms with Crippen LogP contribution in [0.25, 0.3) is 10.9 Å². The zero-order valence-electron chi connectivity index (χ0n) is 29.6.